The number of nitrogens with zero attached hydrogens (tertiary/aromatic N) is 2. The third-order valence-corrected chi connectivity index (χ3v) is 3.94. The molecule has 1 amide bonds. The van der Waals surface area contributed by atoms with Crippen LogP contribution in [0.25, 0.3) is 0 Å². The predicted molar refractivity (Wildman–Crippen MR) is 79.1 cm³/mol. The van der Waals surface area contributed by atoms with Crippen molar-refractivity contribution >= 4 is 33.4 Å². The van der Waals surface area contributed by atoms with Gasteiger partial charge >= 0.3 is 0 Å². The fourth-order valence-corrected chi connectivity index (χ4v) is 2.30. The second-order valence-corrected chi connectivity index (χ2v) is 5.36. The van der Waals surface area contributed by atoms with Crippen LogP contribution >= 0.6 is 27.5 Å². The van der Waals surface area contributed by atoms with Crippen molar-refractivity contribution < 1.29 is 4.79 Å². The highest BCUT2D eigenvalue weighted by molar-refractivity contribution is 9.10. The number of primary amides is 1. The number of amides is 1. The average Bonchev–Trinajstić information content (AvgIpc) is 2.43. The monoisotopic (exact) mass is 349 g/mol. The Hall–Kier alpha value is -1.90. The van der Waals surface area contributed by atoms with Gasteiger partial charge in [-0.3, -0.25) is 9.78 Å². The van der Waals surface area contributed by atoms with Crippen LogP contribution in [0.2, 0.25) is 5.02 Å². The van der Waals surface area contributed by atoms with Gasteiger partial charge in [0.2, 0.25) is 5.91 Å². The average molecular weight is 351 g/mol. The molecule has 1 unspecified atom stereocenters. The molecule has 1 heterocycles. The molecule has 2 N–H and O–H groups in total. The summed E-state index contributed by atoms with van der Waals surface area (Å²) in [6.45, 7) is 0. The molecule has 2 aromatic rings. The number of benzene rings is 1. The van der Waals surface area contributed by atoms with Crippen molar-refractivity contribution in [1.82, 2.24) is 4.98 Å². The highest BCUT2D eigenvalue weighted by atomic mass is 79.9. The SMILES string of the molecule is N#Cc1cccc(C(C(N)=O)c2cc(Br)c(Cl)cn2)c1. The van der Waals surface area contributed by atoms with E-state index in [9.17, 15) is 4.79 Å². The maximum absolute atomic E-state index is 11.7. The van der Waals surface area contributed by atoms with Crippen LogP contribution in [0.5, 0.6) is 0 Å². The first-order valence-corrected chi connectivity index (χ1v) is 6.80. The summed E-state index contributed by atoms with van der Waals surface area (Å²) in [5, 5.41) is 9.37. The van der Waals surface area contributed by atoms with E-state index >= 15 is 0 Å². The highest BCUT2D eigenvalue weighted by Crippen LogP contribution is 2.28. The lowest BCUT2D eigenvalue weighted by atomic mass is 9.93. The number of aromatic nitrogens is 1. The van der Waals surface area contributed by atoms with Crippen LogP contribution in [-0.4, -0.2) is 10.9 Å². The molecule has 1 aromatic carbocycles. The molecule has 1 atom stereocenters. The van der Waals surface area contributed by atoms with Gasteiger partial charge in [-0.2, -0.15) is 5.26 Å². The lowest BCUT2D eigenvalue weighted by Crippen LogP contribution is -2.23. The van der Waals surface area contributed by atoms with Crippen LogP contribution in [0, 0.1) is 11.3 Å². The topological polar surface area (TPSA) is 79.8 Å². The molecule has 0 saturated carbocycles. The van der Waals surface area contributed by atoms with Gasteiger partial charge in [-0.25, -0.2) is 0 Å². The van der Waals surface area contributed by atoms with Crippen LogP contribution in [0.15, 0.2) is 41.0 Å². The number of pyridine rings is 1. The first-order valence-electron chi connectivity index (χ1n) is 5.63. The molecule has 0 bridgehead atoms. The van der Waals surface area contributed by atoms with E-state index < -0.39 is 11.8 Å². The van der Waals surface area contributed by atoms with E-state index in [1.807, 2.05) is 6.07 Å². The van der Waals surface area contributed by atoms with Crippen LogP contribution in [-0.2, 0) is 4.79 Å². The zero-order chi connectivity index (χ0) is 14.7. The lowest BCUT2D eigenvalue weighted by molar-refractivity contribution is -0.118. The van der Waals surface area contributed by atoms with E-state index in [-0.39, 0.29) is 0 Å². The van der Waals surface area contributed by atoms with Crippen LogP contribution < -0.4 is 5.73 Å². The van der Waals surface area contributed by atoms with E-state index in [2.05, 4.69) is 20.9 Å². The normalized spacial score (nSPS) is 11.7. The van der Waals surface area contributed by atoms with Gasteiger partial charge in [-0.15, -0.1) is 0 Å². The Morgan fingerprint density at radius 1 is 1.45 bits per heavy atom. The summed E-state index contributed by atoms with van der Waals surface area (Å²) in [6.07, 6.45) is 1.45. The number of carbonyl (C=O) groups excluding carboxylic acids is 1. The molecule has 0 spiro atoms. The van der Waals surface area contributed by atoms with Gasteiger partial charge in [-0.1, -0.05) is 23.7 Å². The fourth-order valence-electron chi connectivity index (χ4n) is 1.86. The highest BCUT2D eigenvalue weighted by Gasteiger charge is 2.22. The molecular formula is C14H9BrClN3O. The molecule has 2 rings (SSSR count). The fraction of sp³-hybridized carbons (Fsp3) is 0.0714. The molecule has 0 fully saturated rings. The number of hydrogen-bond donors (Lipinski definition) is 1. The number of nitrogens with two attached hydrogens (primary N) is 1. The van der Waals surface area contributed by atoms with Gasteiger partial charge in [-0.05, 0) is 39.7 Å². The minimum Gasteiger partial charge on any atom is -0.369 e. The Morgan fingerprint density at radius 3 is 2.80 bits per heavy atom. The Kier molecular flexibility index (Phi) is 4.38. The predicted octanol–water partition coefficient (Wildman–Crippen LogP) is 2.99. The summed E-state index contributed by atoms with van der Waals surface area (Å²) in [4.78, 5) is 15.9. The molecule has 4 nitrogen and oxygen atoms in total. The van der Waals surface area contributed by atoms with Crippen molar-refractivity contribution in [2.75, 3.05) is 0 Å². The van der Waals surface area contributed by atoms with E-state index in [1.54, 1.807) is 30.3 Å². The van der Waals surface area contributed by atoms with Gasteiger partial charge < -0.3 is 5.73 Å². The summed E-state index contributed by atoms with van der Waals surface area (Å²) in [7, 11) is 0. The van der Waals surface area contributed by atoms with Crippen LogP contribution in [0.1, 0.15) is 22.7 Å². The van der Waals surface area contributed by atoms with Gasteiger partial charge in [0.1, 0.15) is 5.92 Å². The summed E-state index contributed by atoms with van der Waals surface area (Å²) in [5.41, 5.74) is 7.03. The second-order valence-electron chi connectivity index (χ2n) is 4.10. The van der Waals surface area contributed by atoms with Crippen LogP contribution in [0.4, 0.5) is 0 Å². The molecule has 0 aliphatic rings. The maximum Gasteiger partial charge on any atom is 0.231 e. The number of nitriles is 1. The quantitative estimate of drug-likeness (QED) is 0.924. The smallest absolute Gasteiger partial charge is 0.231 e. The number of rotatable bonds is 3. The Morgan fingerprint density at radius 2 is 2.20 bits per heavy atom. The summed E-state index contributed by atoms with van der Waals surface area (Å²) in [5.74, 6) is -1.27. The molecule has 100 valence electrons. The molecule has 0 radical (unpaired) electrons. The first-order chi connectivity index (χ1) is 9.52. The Balaban J connectivity index is 2.53. The van der Waals surface area contributed by atoms with Gasteiger partial charge in [0.15, 0.2) is 0 Å². The molecular weight excluding hydrogens is 342 g/mol. The molecule has 6 heteroatoms. The Labute approximate surface area is 129 Å². The molecule has 1 aromatic heterocycles. The second kappa shape index (κ2) is 6.04. The number of halogens is 2. The minimum absolute atomic E-state index is 0.447. The summed E-state index contributed by atoms with van der Waals surface area (Å²) in [6, 6.07) is 10.4. The Bertz CT molecular complexity index is 712. The number of hydrogen-bond acceptors (Lipinski definition) is 3. The maximum atomic E-state index is 11.7. The molecule has 0 aliphatic carbocycles. The van der Waals surface area contributed by atoms with E-state index in [1.165, 1.54) is 6.20 Å². The summed E-state index contributed by atoms with van der Waals surface area (Å²) < 4.78 is 0.631. The van der Waals surface area contributed by atoms with Crippen molar-refractivity contribution in [2.24, 2.45) is 5.73 Å². The van der Waals surface area contributed by atoms with E-state index in [0.717, 1.165) is 0 Å². The van der Waals surface area contributed by atoms with Gasteiger partial charge in [0.25, 0.3) is 0 Å². The zero-order valence-corrected chi connectivity index (χ0v) is 12.5. The van der Waals surface area contributed by atoms with Crippen molar-refractivity contribution in [1.29, 1.82) is 5.26 Å². The summed E-state index contributed by atoms with van der Waals surface area (Å²) >= 11 is 9.18. The van der Waals surface area contributed by atoms with Gasteiger partial charge in [0, 0.05) is 10.7 Å². The standard InChI is InChI=1S/C14H9BrClN3O/c15-10-5-12(19-7-11(10)16)13(14(18)20)9-3-1-2-8(4-9)6-17/h1-5,7,13H,(H2,18,20). The third-order valence-electron chi connectivity index (χ3n) is 2.76. The number of carbonyl (C=O) groups is 1. The first kappa shape index (κ1) is 14.5. The molecule has 0 aliphatic heterocycles. The van der Waals surface area contributed by atoms with E-state index in [4.69, 9.17) is 22.6 Å². The zero-order valence-electron chi connectivity index (χ0n) is 10.2. The van der Waals surface area contributed by atoms with Gasteiger partial charge in [0.05, 0.1) is 22.3 Å². The van der Waals surface area contributed by atoms with Crippen LogP contribution in [0.3, 0.4) is 0 Å². The third kappa shape index (κ3) is 2.98. The largest absolute Gasteiger partial charge is 0.369 e. The molecule has 20 heavy (non-hydrogen) atoms. The van der Waals surface area contributed by atoms with Crippen molar-refractivity contribution in [2.45, 2.75) is 5.92 Å². The van der Waals surface area contributed by atoms with Crippen molar-refractivity contribution in [3.05, 3.63) is 62.8 Å². The van der Waals surface area contributed by atoms with Crippen molar-refractivity contribution in [3.63, 3.8) is 0 Å². The van der Waals surface area contributed by atoms with E-state index in [0.29, 0.717) is 26.3 Å². The minimum atomic E-state index is -0.725. The lowest BCUT2D eigenvalue weighted by Gasteiger charge is -2.14. The van der Waals surface area contributed by atoms with Crippen molar-refractivity contribution in [3.8, 4) is 6.07 Å². The molecule has 0 saturated heterocycles.